The average Bonchev–Trinajstić information content (AvgIpc) is 0. The first-order valence-electron chi connectivity index (χ1n) is 0. The monoisotopic (exact) mass is 261 g/mol. The van der Waals surface area contributed by atoms with E-state index in [1.165, 1.54) is 0 Å². The maximum Gasteiger partial charge on any atom is 0 e. The van der Waals surface area contributed by atoms with Gasteiger partial charge in [0.25, 0.3) is 0 Å². The Hall–Kier alpha value is 3.71. The Morgan fingerprint density at radius 2 is 0.400 bits per heavy atom. The van der Waals surface area contributed by atoms with E-state index in [1.54, 1.807) is 0 Å². The second-order valence-corrected chi connectivity index (χ2v) is 0. The minimum Gasteiger partial charge on any atom is 0 e. The van der Waals surface area contributed by atoms with Crippen molar-refractivity contribution in [1.82, 2.24) is 0 Å². The molecule has 0 heterocycles. The molecule has 0 aliphatic carbocycles. The predicted molar refractivity (Wildman–Crippen MR) is 23.0 cm³/mol. The first-order chi connectivity index (χ1) is 0. The molecule has 0 unspecified atom stereocenters. The maximum absolute atomic E-state index is 0. The van der Waals surface area contributed by atoms with Gasteiger partial charge in [-0.1, -0.05) is 0 Å². The van der Waals surface area contributed by atoms with Gasteiger partial charge >= 0.3 is 0 Å². The largest absolute Gasteiger partial charge is 0 e. The fourth-order valence-electron chi connectivity index (χ4n) is 0. The van der Waals surface area contributed by atoms with Gasteiger partial charge in [0.05, 0.1) is 0 Å². The van der Waals surface area contributed by atoms with Gasteiger partial charge in [-0.25, -0.2) is 0 Å². The number of hydrogen-bond acceptors (Lipinski definition) is 0. The molecule has 5 heavy (non-hydrogen) atoms. The van der Waals surface area contributed by atoms with Crippen molar-refractivity contribution in [1.29, 1.82) is 0 Å². The van der Waals surface area contributed by atoms with Crippen LogP contribution in [0.2, 0.25) is 0 Å². The van der Waals surface area contributed by atoms with E-state index in [-0.39, 0.29) is 119 Å². The van der Waals surface area contributed by atoms with E-state index < -0.39 is 0 Å². The van der Waals surface area contributed by atoms with Gasteiger partial charge in [0.2, 0.25) is 0 Å². The van der Waals surface area contributed by atoms with E-state index in [4.69, 9.17) is 0 Å². The van der Waals surface area contributed by atoms with Gasteiger partial charge in [0, 0.05) is 119 Å². The molecule has 0 aliphatic rings. The summed E-state index contributed by atoms with van der Waals surface area (Å²) in [4.78, 5) is 0. The molecule has 0 N–H and O–H groups in total. The van der Waals surface area contributed by atoms with E-state index in [1.807, 2.05) is 0 Å². The minimum absolute atomic E-state index is 0. The van der Waals surface area contributed by atoms with Gasteiger partial charge in [-0.05, 0) is 0 Å². The first kappa shape index (κ1) is 37.6. The molecule has 0 fully saturated rings. The van der Waals surface area contributed by atoms with Crippen LogP contribution in [0, 0.1) is 49.4 Å². The summed E-state index contributed by atoms with van der Waals surface area (Å²) >= 11 is 0. The van der Waals surface area contributed by atoms with Crippen molar-refractivity contribution >= 4 is 69.4 Å². The standard InChI is InChI=1S/4Al.Eu. The smallest absolute Gasteiger partial charge is 0 e. The van der Waals surface area contributed by atoms with Crippen LogP contribution < -0.4 is 0 Å². The summed E-state index contributed by atoms with van der Waals surface area (Å²) in [7, 11) is 0. The van der Waals surface area contributed by atoms with E-state index in [0.29, 0.717) is 0 Å². The van der Waals surface area contributed by atoms with Crippen LogP contribution in [0.15, 0.2) is 0 Å². The molecule has 0 nitrogen and oxygen atoms in total. The zero-order chi connectivity index (χ0) is 0. The summed E-state index contributed by atoms with van der Waals surface area (Å²) in [5.74, 6) is 0. The number of hydrogen-bond donors (Lipinski definition) is 0. The van der Waals surface area contributed by atoms with Gasteiger partial charge in [0.1, 0.15) is 0 Å². The molecular weight excluding hydrogens is 260 g/mol. The SMILES string of the molecule is [Al].[Al].[Al].[Al].[Eu]. The third kappa shape index (κ3) is 18.3. The van der Waals surface area contributed by atoms with E-state index in [2.05, 4.69) is 0 Å². The van der Waals surface area contributed by atoms with Crippen LogP contribution in [0.25, 0.3) is 0 Å². The van der Waals surface area contributed by atoms with Crippen molar-refractivity contribution in [2.75, 3.05) is 0 Å². The summed E-state index contributed by atoms with van der Waals surface area (Å²) in [6.45, 7) is 0. The topological polar surface area (TPSA) is 0 Å². The molecule has 19 valence electrons. The van der Waals surface area contributed by atoms with Crippen LogP contribution >= 0.6 is 0 Å². The Kier molecular flexibility index (Phi) is 190. The number of rotatable bonds is 0. The van der Waals surface area contributed by atoms with Crippen LogP contribution in [0.5, 0.6) is 0 Å². The molecule has 0 aromatic heterocycles. The molecule has 0 saturated carbocycles. The third-order valence-electron chi connectivity index (χ3n) is 0. The second kappa shape index (κ2) is 25.2. The molecule has 0 aliphatic heterocycles. The molecule has 0 atom stereocenters. The van der Waals surface area contributed by atoms with E-state index in [0.717, 1.165) is 0 Å². The second-order valence-electron chi connectivity index (χ2n) is 0. The quantitative estimate of drug-likeness (QED) is 0.464. The summed E-state index contributed by atoms with van der Waals surface area (Å²) in [5, 5.41) is 0. The van der Waals surface area contributed by atoms with Crippen LogP contribution in [0.1, 0.15) is 0 Å². The summed E-state index contributed by atoms with van der Waals surface area (Å²) in [6, 6.07) is 0. The molecular formula is Al4Eu. The Balaban J connectivity index is 0. The van der Waals surface area contributed by atoms with Crippen molar-refractivity contribution in [3.8, 4) is 0 Å². The molecule has 0 spiro atoms. The Morgan fingerprint density at radius 3 is 0.400 bits per heavy atom. The molecule has 0 amide bonds. The van der Waals surface area contributed by atoms with Gasteiger partial charge < -0.3 is 0 Å². The Labute approximate surface area is 116 Å². The fourth-order valence-corrected chi connectivity index (χ4v) is 0. The van der Waals surface area contributed by atoms with Crippen LogP contribution in [-0.2, 0) is 0 Å². The predicted octanol–water partition coefficient (Wildman–Crippen LogP) is -1.52. The van der Waals surface area contributed by atoms with Crippen LogP contribution in [-0.4, -0.2) is 69.4 Å². The van der Waals surface area contributed by atoms with Crippen molar-refractivity contribution < 1.29 is 49.4 Å². The Bertz CT molecular complexity index is 3.61. The van der Waals surface area contributed by atoms with Crippen molar-refractivity contribution in [3.05, 3.63) is 0 Å². The molecule has 0 saturated heterocycles. The van der Waals surface area contributed by atoms with Gasteiger partial charge in [-0.2, -0.15) is 0 Å². The zero-order valence-electron chi connectivity index (χ0n) is 2.69. The third-order valence-corrected chi connectivity index (χ3v) is 0. The van der Waals surface area contributed by atoms with Gasteiger partial charge in [-0.3, -0.25) is 0 Å². The molecule has 0 aromatic carbocycles. The van der Waals surface area contributed by atoms with Crippen LogP contribution in [0.4, 0.5) is 0 Å². The van der Waals surface area contributed by atoms with Crippen LogP contribution in [0.3, 0.4) is 0 Å². The molecule has 13 radical (unpaired) electrons. The summed E-state index contributed by atoms with van der Waals surface area (Å²) in [6.07, 6.45) is 0. The van der Waals surface area contributed by atoms with Gasteiger partial charge in [0.15, 0.2) is 0 Å². The molecule has 0 rings (SSSR count). The summed E-state index contributed by atoms with van der Waals surface area (Å²) in [5.41, 5.74) is 0. The fraction of sp³-hybridized carbons (Fsp3) is 0. The van der Waals surface area contributed by atoms with Crippen molar-refractivity contribution in [2.45, 2.75) is 0 Å². The minimum atomic E-state index is 0. The first-order valence-corrected chi connectivity index (χ1v) is 0. The summed E-state index contributed by atoms with van der Waals surface area (Å²) < 4.78 is 0. The average molecular weight is 260 g/mol. The van der Waals surface area contributed by atoms with Crippen molar-refractivity contribution in [3.63, 3.8) is 0 Å². The molecule has 0 aromatic rings. The normalized spacial score (nSPS) is 0. The van der Waals surface area contributed by atoms with Crippen molar-refractivity contribution in [2.24, 2.45) is 0 Å². The Morgan fingerprint density at radius 1 is 0.400 bits per heavy atom. The molecule has 0 bridgehead atoms. The van der Waals surface area contributed by atoms with E-state index >= 15 is 0 Å². The van der Waals surface area contributed by atoms with Gasteiger partial charge in [-0.15, -0.1) is 0 Å². The zero-order valence-corrected chi connectivity index (χ0v) is 9.73. The maximum atomic E-state index is 0. The van der Waals surface area contributed by atoms with E-state index in [9.17, 15) is 0 Å². The molecule has 5 heteroatoms.